The fraction of sp³-hybridized carbons (Fsp3) is 1.00. The van der Waals surface area contributed by atoms with Crippen LogP contribution in [-0.2, 0) is 16.5 Å². The first kappa shape index (κ1) is 12.4. The van der Waals surface area contributed by atoms with Crippen molar-refractivity contribution in [2.75, 3.05) is 12.5 Å². The highest BCUT2D eigenvalue weighted by Crippen LogP contribution is 2.57. The van der Waals surface area contributed by atoms with Gasteiger partial charge in [0.2, 0.25) is 0 Å². The third kappa shape index (κ3) is 5.65. The molecule has 0 aromatic heterocycles. The molecule has 0 aromatic carbocycles. The summed E-state index contributed by atoms with van der Waals surface area (Å²) >= 11 is 2.20. The molecule has 11 heavy (non-hydrogen) atoms. The quantitative estimate of drug-likeness (QED) is 0.532. The Kier molecular flexibility index (Phi) is 7.82. The largest absolute Gasteiger partial charge is 0.509 e. The minimum Gasteiger partial charge on any atom is -0.225 e. The van der Waals surface area contributed by atoms with E-state index in [0.717, 1.165) is 24.1 Å². The maximum Gasteiger partial charge on any atom is 0.509 e. The zero-order valence-electron chi connectivity index (χ0n) is 5.68. The average Bonchev–Trinajstić information content (AvgIpc) is 1.88. The van der Waals surface area contributed by atoms with Crippen LogP contribution in [0.5, 0.6) is 0 Å². The molecule has 0 heterocycles. The van der Waals surface area contributed by atoms with Crippen LogP contribution >= 0.6 is 53.8 Å². The molecule has 68 valence electrons. The van der Waals surface area contributed by atoms with Crippen molar-refractivity contribution in [2.24, 2.45) is 0 Å². The molecule has 0 N–H and O–H groups in total. The average molecular weight is 257 g/mol. The van der Waals surface area contributed by atoms with Crippen molar-refractivity contribution in [3.63, 3.8) is 0 Å². The van der Waals surface area contributed by atoms with Gasteiger partial charge in [0.1, 0.15) is 11.3 Å². The molecular formula is C2H6ClO4PS3. The molecule has 0 saturated carbocycles. The number of hydrogen-bond donors (Lipinski definition) is 0. The third-order valence-electron chi connectivity index (χ3n) is 0.451. The van der Waals surface area contributed by atoms with E-state index in [4.69, 9.17) is 10.7 Å². The molecule has 0 unspecified atom stereocenters. The molecule has 0 aliphatic carbocycles. The molecule has 0 aliphatic rings. The Morgan fingerprint density at radius 3 is 1.91 bits per heavy atom. The Bertz CT molecular complexity index is 122. The first-order valence-electron chi connectivity index (χ1n) is 2.20. The summed E-state index contributed by atoms with van der Waals surface area (Å²) in [6.07, 6.45) is 3.19. The summed E-state index contributed by atoms with van der Waals surface area (Å²) in [5.74, 6) is 0. The van der Waals surface area contributed by atoms with Gasteiger partial charge in [-0.05, 0) is 10.7 Å². The first-order chi connectivity index (χ1) is 5.18. The number of hydrogen-bond acceptors (Lipinski definition) is 7. The van der Waals surface area contributed by atoms with Gasteiger partial charge >= 0.3 is 7.82 Å². The first-order valence-corrected chi connectivity index (χ1v) is 7.53. The summed E-state index contributed by atoms with van der Waals surface area (Å²) in [6, 6.07) is 0. The maximum absolute atomic E-state index is 11.2. The predicted octanol–water partition coefficient (Wildman–Crippen LogP) is 3.50. The van der Waals surface area contributed by atoms with E-state index < -0.39 is 7.82 Å². The molecule has 0 fully saturated rings. The normalized spacial score (nSPS) is 11.9. The maximum atomic E-state index is 11.2. The van der Waals surface area contributed by atoms with Crippen molar-refractivity contribution in [3.05, 3.63) is 0 Å². The molecule has 4 nitrogen and oxygen atoms in total. The molecule has 0 amide bonds. The van der Waals surface area contributed by atoms with Crippen LogP contribution in [0.4, 0.5) is 0 Å². The van der Waals surface area contributed by atoms with Crippen molar-refractivity contribution < 1.29 is 16.5 Å². The summed E-state index contributed by atoms with van der Waals surface area (Å²) in [4.78, 5) is 0. The molecule has 0 bridgehead atoms. The molecule has 0 aromatic rings. The standard InChI is InChI=1S/C2H6ClO4PS3/c1-9-5-8(4,6-10-2)7-11-3/h1-2H3. The van der Waals surface area contributed by atoms with Crippen molar-refractivity contribution in [1.82, 2.24) is 0 Å². The van der Waals surface area contributed by atoms with Gasteiger partial charge in [0.25, 0.3) is 0 Å². The third-order valence-corrected chi connectivity index (χ3v) is 4.57. The van der Waals surface area contributed by atoms with Gasteiger partial charge in [-0.3, -0.25) is 0 Å². The van der Waals surface area contributed by atoms with Crippen LogP contribution in [0.15, 0.2) is 0 Å². The van der Waals surface area contributed by atoms with Gasteiger partial charge in [-0.2, -0.15) is 3.97 Å². The second-order valence-corrected chi connectivity index (χ2v) is 4.92. The smallest absolute Gasteiger partial charge is 0.225 e. The summed E-state index contributed by atoms with van der Waals surface area (Å²) in [5, 5.41) is 0. The zero-order chi connectivity index (χ0) is 8.74. The minimum atomic E-state index is -3.46. The van der Waals surface area contributed by atoms with E-state index in [2.05, 4.69) is 11.9 Å². The van der Waals surface area contributed by atoms with Crippen LogP contribution in [0, 0.1) is 0 Å². The van der Waals surface area contributed by atoms with Gasteiger partial charge in [-0.1, -0.05) is 0 Å². The highest BCUT2D eigenvalue weighted by Gasteiger charge is 2.28. The molecule has 0 atom stereocenters. The molecule has 0 rings (SSSR count). The van der Waals surface area contributed by atoms with E-state index in [1.165, 1.54) is 0 Å². The Morgan fingerprint density at radius 1 is 1.18 bits per heavy atom. The van der Waals surface area contributed by atoms with Crippen LogP contribution in [0.2, 0.25) is 0 Å². The number of halogens is 1. The zero-order valence-corrected chi connectivity index (χ0v) is 9.78. The molecule has 0 saturated heterocycles. The van der Waals surface area contributed by atoms with Crippen molar-refractivity contribution in [2.45, 2.75) is 0 Å². The molecular weight excluding hydrogens is 251 g/mol. The number of phosphoric acid groups is 1. The van der Waals surface area contributed by atoms with Gasteiger partial charge in [-0.25, -0.2) is 12.5 Å². The number of rotatable bonds is 6. The lowest BCUT2D eigenvalue weighted by atomic mass is 12.0. The Morgan fingerprint density at radius 2 is 1.64 bits per heavy atom. The highest BCUT2D eigenvalue weighted by atomic mass is 35.7. The Hall–Kier alpha value is 1.45. The lowest BCUT2D eigenvalue weighted by Crippen LogP contribution is -1.83. The Labute approximate surface area is 82.8 Å². The summed E-state index contributed by atoms with van der Waals surface area (Å²) < 4.78 is 24.9. The monoisotopic (exact) mass is 256 g/mol. The van der Waals surface area contributed by atoms with Gasteiger partial charge in [0, 0.05) is 36.6 Å². The van der Waals surface area contributed by atoms with E-state index in [1.807, 2.05) is 0 Å². The van der Waals surface area contributed by atoms with Crippen LogP contribution in [0.1, 0.15) is 0 Å². The van der Waals surface area contributed by atoms with Crippen molar-refractivity contribution in [3.8, 4) is 0 Å². The fourth-order valence-corrected chi connectivity index (χ4v) is 3.58. The lowest BCUT2D eigenvalue weighted by Gasteiger charge is -2.09. The molecule has 0 spiro atoms. The van der Waals surface area contributed by atoms with E-state index in [0.29, 0.717) is 11.3 Å². The molecule has 9 heteroatoms. The Balaban J connectivity index is 3.91. The summed E-state index contributed by atoms with van der Waals surface area (Å²) in [7, 11) is 1.64. The van der Waals surface area contributed by atoms with Crippen LogP contribution in [0.25, 0.3) is 0 Å². The van der Waals surface area contributed by atoms with Crippen LogP contribution in [-0.4, -0.2) is 12.5 Å². The second kappa shape index (κ2) is 6.91. The summed E-state index contributed by atoms with van der Waals surface area (Å²) in [5.41, 5.74) is 0. The lowest BCUT2D eigenvalue weighted by molar-refractivity contribution is 0.352. The van der Waals surface area contributed by atoms with E-state index in [9.17, 15) is 4.57 Å². The van der Waals surface area contributed by atoms with E-state index >= 15 is 0 Å². The summed E-state index contributed by atoms with van der Waals surface area (Å²) in [6.45, 7) is 0. The van der Waals surface area contributed by atoms with Gasteiger partial charge in [0.15, 0.2) is 0 Å². The molecule has 0 aliphatic heterocycles. The minimum absolute atomic E-state index is 0.421. The van der Waals surface area contributed by atoms with Gasteiger partial charge in [-0.15, -0.1) is 0 Å². The van der Waals surface area contributed by atoms with E-state index in [1.54, 1.807) is 12.5 Å². The molecule has 0 radical (unpaired) electrons. The highest BCUT2D eigenvalue weighted by molar-refractivity contribution is 8.19. The van der Waals surface area contributed by atoms with Gasteiger partial charge in [0.05, 0.1) is 0 Å². The van der Waals surface area contributed by atoms with Crippen molar-refractivity contribution >= 4 is 53.8 Å². The predicted molar refractivity (Wildman–Crippen MR) is 51.3 cm³/mol. The van der Waals surface area contributed by atoms with Crippen molar-refractivity contribution in [1.29, 1.82) is 0 Å². The topological polar surface area (TPSA) is 44.8 Å². The van der Waals surface area contributed by atoms with E-state index in [-0.39, 0.29) is 0 Å². The van der Waals surface area contributed by atoms with Crippen LogP contribution < -0.4 is 0 Å². The van der Waals surface area contributed by atoms with Gasteiger partial charge < -0.3 is 0 Å². The second-order valence-electron chi connectivity index (χ2n) is 1.07. The SMILES string of the molecule is CSOP(=O)(OSC)OSCl. The fourth-order valence-electron chi connectivity index (χ4n) is 0.254. The van der Waals surface area contributed by atoms with Crippen LogP contribution in [0.3, 0.4) is 0 Å².